The molecular weight excluding hydrogens is 204 g/mol. The van der Waals surface area contributed by atoms with E-state index in [0.29, 0.717) is 6.42 Å². The molecular formula is C13H20O3. The first-order valence-corrected chi connectivity index (χ1v) is 5.58. The van der Waals surface area contributed by atoms with Crippen molar-refractivity contribution in [1.82, 2.24) is 0 Å². The van der Waals surface area contributed by atoms with Gasteiger partial charge in [-0.25, -0.2) is 0 Å². The average Bonchev–Trinajstić information content (AvgIpc) is 2.61. The summed E-state index contributed by atoms with van der Waals surface area (Å²) in [5.41, 5.74) is -0.148. The van der Waals surface area contributed by atoms with E-state index < -0.39 is 6.10 Å². The number of rotatable bonds is 5. The van der Waals surface area contributed by atoms with Crippen molar-refractivity contribution in [2.75, 3.05) is 0 Å². The molecule has 1 unspecified atom stereocenters. The molecule has 0 saturated heterocycles. The maximum absolute atomic E-state index is 10.9. The Kier molecular flexibility index (Phi) is 3.92. The van der Waals surface area contributed by atoms with Crippen LogP contribution in [0.5, 0.6) is 0 Å². The van der Waals surface area contributed by atoms with Crippen LogP contribution in [0.25, 0.3) is 0 Å². The zero-order valence-electron chi connectivity index (χ0n) is 10.4. The summed E-state index contributed by atoms with van der Waals surface area (Å²) in [6.07, 6.45) is 0.346. The number of carbonyl (C=O) groups is 1. The van der Waals surface area contributed by atoms with Crippen LogP contribution in [0.3, 0.4) is 0 Å². The fraction of sp³-hybridized carbons (Fsp3) is 0.615. The Morgan fingerprint density at radius 3 is 2.56 bits per heavy atom. The Hall–Kier alpha value is -1.09. The summed E-state index contributed by atoms with van der Waals surface area (Å²) in [7, 11) is 0. The lowest BCUT2D eigenvalue weighted by Gasteiger charge is -2.22. The van der Waals surface area contributed by atoms with Crippen molar-refractivity contribution in [2.24, 2.45) is 0 Å². The van der Waals surface area contributed by atoms with E-state index in [1.807, 2.05) is 19.1 Å². The molecule has 0 saturated carbocycles. The summed E-state index contributed by atoms with van der Waals surface area (Å²) in [6, 6.07) is 3.88. The molecule has 0 aliphatic heterocycles. The molecule has 90 valence electrons. The van der Waals surface area contributed by atoms with Gasteiger partial charge in [0.1, 0.15) is 17.6 Å². The molecule has 3 heteroatoms. The molecule has 0 aliphatic rings. The standard InChI is InChI=1S/C13H20O3/c1-9-5-6-12(16-9)13(3,4)8-7-11(15)10(2)14/h5-6,11,15H,7-8H2,1-4H3. The van der Waals surface area contributed by atoms with Crippen LogP contribution in [0.2, 0.25) is 0 Å². The van der Waals surface area contributed by atoms with Gasteiger partial charge in [0, 0.05) is 5.41 Å². The van der Waals surface area contributed by atoms with Crippen LogP contribution in [-0.2, 0) is 10.2 Å². The van der Waals surface area contributed by atoms with Gasteiger partial charge in [0.25, 0.3) is 0 Å². The van der Waals surface area contributed by atoms with Gasteiger partial charge in [-0.2, -0.15) is 0 Å². The Bertz CT molecular complexity index is 363. The SMILES string of the molecule is CC(=O)C(O)CCC(C)(C)c1ccc(C)o1. The molecule has 0 spiro atoms. The number of aliphatic hydroxyl groups excluding tert-OH is 1. The second-order valence-corrected chi connectivity index (χ2v) is 4.96. The summed E-state index contributed by atoms with van der Waals surface area (Å²) >= 11 is 0. The third-order valence-electron chi connectivity index (χ3n) is 2.92. The highest BCUT2D eigenvalue weighted by Crippen LogP contribution is 2.30. The Morgan fingerprint density at radius 2 is 2.12 bits per heavy atom. The largest absolute Gasteiger partial charge is 0.466 e. The zero-order valence-corrected chi connectivity index (χ0v) is 10.4. The van der Waals surface area contributed by atoms with Gasteiger partial charge in [-0.15, -0.1) is 0 Å². The third-order valence-corrected chi connectivity index (χ3v) is 2.92. The fourth-order valence-corrected chi connectivity index (χ4v) is 1.62. The van der Waals surface area contributed by atoms with Crippen molar-refractivity contribution >= 4 is 5.78 Å². The number of carbonyl (C=O) groups excluding carboxylic acids is 1. The summed E-state index contributed by atoms with van der Waals surface area (Å²) in [6.45, 7) is 7.43. The van der Waals surface area contributed by atoms with Crippen LogP contribution in [-0.4, -0.2) is 17.0 Å². The van der Waals surface area contributed by atoms with Crippen LogP contribution in [0, 0.1) is 6.92 Å². The van der Waals surface area contributed by atoms with Gasteiger partial charge in [-0.05, 0) is 38.8 Å². The molecule has 1 aromatic rings. The average molecular weight is 224 g/mol. The van der Waals surface area contributed by atoms with E-state index in [1.165, 1.54) is 6.92 Å². The van der Waals surface area contributed by atoms with Gasteiger partial charge < -0.3 is 9.52 Å². The molecule has 0 bridgehead atoms. The van der Waals surface area contributed by atoms with Crippen LogP contribution >= 0.6 is 0 Å². The molecule has 3 nitrogen and oxygen atoms in total. The zero-order chi connectivity index (χ0) is 12.3. The summed E-state index contributed by atoms with van der Waals surface area (Å²) in [5.74, 6) is 1.61. The first-order valence-electron chi connectivity index (χ1n) is 5.58. The van der Waals surface area contributed by atoms with Crippen molar-refractivity contribution in [3.05, 3.63) is 23.7 Å². The van der Waals surface area contributed by atoms with E-state index in [0.717, 1.165) is 17.9 Å². The minimum atomic E-state index is -0.852. The molecule has 16 heavy (non-hydrogen) atoms. The predicted octanol–water partition coefficient (Wildman–Crippen LogP) is 2.60. The third kappa shape index (κ3) is 3.20. The number of hydrogen-bond donors (Lipinski definition) is 1. The Balaban J connectivity index is 2.62. The van der Waals surface area contributed by atoms with Crippen molar-refractivity contribution in [3.8, 4) is 0 Å². The highest BCUT2D eigenvalue weighted by Gasteiger charge is 2.25. The first-order chi connectivity index (χ1) is 7.33. The van der Waals surface area contributed by atoms with Crippen molar-refractivity contribution in [2.45, 2.75) is 52.1 Å². The fourth-order valence-electron chi connectivity index (χ4n) is 1.62. The molecule has 0 aliphatic carbocycles. The quantitative estimate of drug-likeness (QED) is 0.836. The van der Waals surface area contributed by atoms with E-state index >= 15 is 0 Å². The van der Waals surface area contributed by atoms with E-state index in [2.05, 4.69) is 13.8 Å². The molecule has 1 N–H and O–H groups in total. The molecule has 0 aromatic carbocycles. The highest BCUT2D eigenvalue weighted by atomic mass is 16.3. The number of ketones is 1. The predicted molar refractivity (Wildman–Crippen MR) is 62.4 cm³/mol. The van der Waals surface area contributed by atoms with Gasteiger partial charge in [-0.1, -0.05) is 13.8 Å². The summed E-state index contributed by atoms with van der Waals surface area (Å²) < 4.78 is 5.57. The lowest BCUT2D eigenvalue weighted by molar-refractivity contribution is -0.125. The molecule has 1 rings (SSSR count). The molecule has 0 fully saturated rings. The van der Waals surface area contributed by atoms with E-state index in [9.17, 15) is 9.90 Å². The lowest BCUT2D eigenvalue weighted by Crippen LogP contribution is -2.23. The first kappa shape index (κ1) is 13.0. The number of aryl methyl sites for hydroxylation is 1. The van der Waals surface area contributed by atoms with E-state index in [4.69, 9.17) is 4.42 Å². The minimum Gasteiger partial charge on any atom is -0.466 e. The molecule has 0 amide bonds. The number of Topliss-reactive ketones (excluding diaryl/α,β-unsaturated/α-hetero) is 1. The van der Waals surface area contributed by atoms with Gasteiger partial charge >= 0.3 is 0 Å². The maximum Gasteiger partial charge on any atom is 0.158 e. The Morgan fingerprint density at radius 1 is 1.50 bits per heavy atom. The normalized spacial score (nSPS) is 13.8. The van der Waals surface area contributed by atoms with Crippen LogP contribution in [0.1, 0.15) is 45.1 Å². The van der Waals surface area contributed by atoms with Gasteiger partial charge in [0.15, 0.2) is 5.78 Å². The van der Waals surface area contributed by atoms with Crippen molar-refractivity contribution in [1.29, 1.82) is 0 Å². The minimum absolute atomic E-state index is 0.148. The molecule has 1 aromatic heterocycles. The second kappa shape index (κ2) is 4.83. The number of furan rings is 1. The van der Waals surface area contributed by atoms with Crippen LogP contribution < -0.4 is 0 Å². The van der Waals surface area contributed by atoms with Crippen molar-refractivity contribution < 1.29 is 14.3 Å². The smallest absolute Gasteiger partial charge is 0.158 e. The summed E-state index contributed by atoms with van der Waals surface area (Å²) in [4.78, 5) is 10.9. The van der Waals surface area contributed by atoms with Crippen LogP contribution in [0.15, 0.2) is 16.5 Å². The molecule has 1 heterocycles. The Labute approximate surface area is 96.5 Å². The topological polar surface area (TPSA) is 50.4 Å². The number of hydrogen-bond acceptors (Lipinski definition) is 3. The van der Waals surface area contributed by atoms with E-state index in [1.54, 1.807) is 0 Å². The lowest BCUT2D eigenvalue weighted by atomic mass is 9.84. The molecule has 1 atom stereocenters. The maximum atomic E-state index is 10.9. The monoisotopic (exact) mass is 224 g/mol. The molecule has 0 radical (unpaired) electrons. The second-order valence-electron chi connectivity index (χ2n) is 4.96. The van der Waals surface area contributed by atoms with Gasteiger partial charge in [0.2, 0.25) is 0 Å². The van der Waals surface area contributed by atoms with Gasteiger partial charge in [-0.3, -0.25) is 4.79 Å². The van der Waals surface area contributed by atoms with Crippen molar-refractivity contribution in [3.63, 3.8) is 0 Å². The highest BCUT2D eigenvalue weighted by molar-refractivity contribution is 5.80. The number of aliphatic hydroxyl groups is 1. The van der Waals surface area contributed by atoms with E-state index in [-0.39, 0.29) is 11.2 Å². The summed E-state index contributed by atoms with van der Waals surface area (Å²) in [5, 5.41) is 9.46. The van der Waals surface area contributed by atoms with Crippen LogP contribution in [0.4, 0.5) is 0 Å². The van der Waals surface area contributed by atoms with Gasteiger partial charge in [0.05, 0.1) is 0 Å².